The van der Waals surface area contributed by atoms with Gasteiger partial charge in [0, 0.05) is 36.1 Å². The van der Waals surface area contributed by atoms with Crippen LogP contribution in [0.3, 0.4) is 0 Å². The van der Waals surface area contributed by atoms with Gasteiger partial charge in [-0.05, 0) is 32.2 Å². The van der Waals surface area contributed by atoms with Crippen molar-refractivity contribution in [3.05, 3.63) is 48.8 Å². The van der Waals surface area contributed by atoms with E-state index in [1.807, 2.05) is 42.1 Å². The lowest BCUT2D eigenvalue weighted by molar-refractivity contribution is 0.418. The van der Waals surface area contributed by atoms with Crippen LogP contribution in [0.25, 0.3) is 17.1 Å². The van der Waals surface area contributed by atoms with Gasteiger partial charge in [0.1, 0.15) is 0 Å². The number of nitrogens with one attached hydrogen (secondary N) is 1. The van der Waals surface area contributed by atoms with Crippen molar-refractivity contribution in [1.29, 1.82) is 0 Å². The van der Waals surface area contributed by atoms with Crippen LogP contribution in [0.4, 0.5) is 0 Å². The fourth-order valence-electron chi connectivity index (χ4n) is 2.04. The minimum atomic E-state index is 0.313. The van der Waals surface area contributed by atoms with Crippen LogP contribution in [-0.4, -0.2) is 32.8 Å². The van der Waals surface area contributed by atoms with Crippen molar-refractivity contribution in [3.63, 3.8) is 0 Å². The fourth-order valence-corrected chi connectivity index (χ4v) is 2.04. The summed E-state index contributed by atoms with van der Waals surface area (Å²) in [5.41, 5.74) is 1.91. The van der Waals surface area contributed by atoms with Gasteiger partial charge in [-0.3, -0.25) is 0 Å². The summed E-state index contributed by atoms with van der Waals surface area (Å²) in [6, 6.07) is 8.24. The standard InChI is InChI=1S/C15H17N5O/c1-11(16-2)8-14-18-15(21-19-14)12-4-3-5-13(9-12)20-7-6-17-10-20/h3-7,9-11,16H,8H2,1-2H3. The van der Waals surface area contributed by atoms with Crippen LogP contribution in [-0.2, 0) is 6.42 Å². The van der Waals surface area contributed by atoms with E-state index in [0.29, 0.717) is 17.8 Å². The molecule has 0 aliphatic rings. The third-order valence-corrected chi connectivity index (χ3v) is 3.35. The van der Waals surface area contributed by atoms with Crippen LogP contribution in [0.5, 0.6) is 0 Å². The van der Waals surface area contributed by atoms with Crippen LogP contribution in [0, 0.1) is 0 Å². The average molecular weight is 283 g/mol. The molecule has 1 atom stereocenters. The van der Waals surface area contributed by atoms with Crippen LogP contribution < -0.4 is 5.32 Å². The molecule has 6 nitrogen and oxygen atoms in total. The summed E-state index contributed by atoms with van der Waals surface area (Å²) in [6.07, 6.45) is 6.14. The lowest BCUT2D eigenvalue weighted by Crippen LogP contribution is -2.24. The Labute approximate surface area is 122 Å². The minimum absolute atomic E-state index is 0.313. The number of hydrogen-bond acceptors (Lipinski definition) is 5. The quantitative estimate of drug-likeness (QED) is 0.776. The molecule has 1 N–H and O–H groups in total. The van der Waals surface area contributed by atoms with E-state index in [-0.39, 0.29) is 0 Å². The molecule has 2 heterocycles. The Morgan fingerprint density at radius 3 is 3.05 bits per heavy atom. The zero-order valence-electron chi connectivity index (χ0n) is 12.0. The van der Waals surface area contributed by atoms with E-state index in [0.717, 1.165) is 17.7 Å². The largest absolute Gasteiger partial charge is 0.334 e. The van der Waals surface area contributed by atoms with Gasteiger partial charge in [0.15, 0.2) is 5.82 Å². The molecule has 21 heavy (non-hydrogen) atoms. The monoisotopic (exact) mass is 283 g/mol. The molecule has 3 rings (SSSR count). The smallest absolute Gasteiger partial charge is 0.257 e. The summed E-state index contributed by atoms with van der Waals surface area (Å²) in [5, 5.41) is 7.19. The molecule has 0 radical (unpaired) electrons. The first-order chi connectivity index (χ1) is 10.3. The van der Waals surface area contributed by atoms with E-state index in [1.54, 1.807) is 12.5 Å². The van der Waals surface area contributed by atoms with Crippen molar-refractivity contribution in [2.75, 3.05) is 7.05 Å². The van der Waals surface area contributed by atoms with Crippen molar-refractivity contribution in [2.45, 2.75) is 19.4 Å². The van der Waals surface area contributed by atoms with Gasteiger partial charge < -0.3 is 14.4 Å². The molecule has 0 bridgehead atoms. The second kappa shape index (κ2) is 5.88. The Kier molecular flexibility index (Phi) is 3.79. The predicted octanol–water partition coefficient (Wildman–Crippen LogP) is 2.07. The molecule has 1 aromatic carbocycles. The summed E-state index contributed by atoms with van der Waals surface area (Å²) in [6.45, 7) is 2.08. The first kappa shape index (κ1) is 13.5. The Morgan fingerprint density at radius 1 is 1.38 bits per heavy atom. The van der Waals surface area contributed by atoms with Crippen molar-refractivity contribution >= 4 is 0 Å². The summed E-state index contributed by atoms with van der Waals surface area (Å²) < 4.78 is 7.29. The highest BCUT2D eigenvalue weighted by Gasteiger charge is 2.11. The predicted molar refractivity (Wildman–Crippen MR) is 79.1 cm³/mol. The zero-order valence-corrected chi connectivity index (χ0v) is 12.0. The van der Waals surface area contributed by atoms with Gasteiger partial charge in [-0.2, -0.15) is 4.98 Å². The van der Waals surface area contributed by atoms with Crippen LogP contribution in [0.15, 0.2) is 47.5 Å². The van der Waals surface area contributed by atoms with Gasteiger partial charge in [-0.1, -0.05) is 11.2 Å². The van der Waals surface area contributed by atoms with Gasteiger partial charge in [0.05, 0.1) is 6.33 Å². The summed E-state index contributed by atoms with van der Waals surface area (Å²) >= 11 is 0. The van der Waals surface area contributed by atoms with Crippen LogP contribution >= 0.6 is 0 Å². The van der Waals surface area contributed by atoms with Crippen molar-refractivity contribution < 1.29 is 4.52 Å². The highest BCUT2D eigenvalue weighted by molar-refractivity contribution is 5.57. The zero-order chi connectivity index (χ0) is 14.7. The second-order valence-corrected chi connectivity index (χ2v) is 4.93. The highest BCUT2D eigenvalue weighted by Crippen LogP contribution is 2.20. The van der Waals surface area contributed by atoms with Gasteiger partial charge >= 0.3 is 0 Å². The van der Waals surface area contributed by atoms with Gasteiger partial charge in [0.25, 0.3) is 5.89 Å². The van der Waals surface area contributed by atoms with Gasteiger partial charge in [-0.25, -0.2) is 4.98 Å². The Balaban J connectivity index is 1.86. The second-order valence-electron chi connectivity index (χ2n) is 4.93. The Bertz CT molecular complexity index is 704. The first-order valence-corrected chi connectivity index (χ1v) is 6.85. The number of imidazole rings is 1. The van der Waals surface area contributed by atoms with Crippen molar-refractivity contribution in [1.82, 2.24) is 25.0 Å². The maximum Gasteiger partial charge on any atom is 0.257 e. The first-order valence-electron chi connectivity index (χ1n) is 6.85. The number of hydrogen-bond donors (Lipinski definition) is 1. The number of benzene rings is 1. The number of aromatic nitrogens is 4. The number of rotatable bonds is 5. The molecule has 1 unspecified atom stereocenters. The van der Waals surface area contributed by atoms with Crippen molar-refractivity contribution in [2.24, 2.45) is 0 Å². The highest BCUT2D eigenvalue weighted by atomic mass is 16.5. The van der Waals surface area contributed by atoms with E-state index in [2.05, 4.69) is 27.4 Å². The Hall–Kier alpha value is -2.47. The average Bonchev–Trinajstić information content (AvgIpc) is 3.19. The molecule has 0 aliphatic heterocycles. The molecule has 108 valence electrons. The molecule has 0 fully saturated rings. The van der Waals surface area contributed by atoms with Gasteiger partial charge in [-0.15, -0.1) is 0 Å². The molecule has 2 aromatic heterocycles. The molecular weight excluding hydrogens is 266 g/mol. The number of nitrogens with zero attached hydrogens (tertiary/aromatic N) is 4. The topological polar surface area (TPSA) is 68.8 Å². The molecule has 6 heteroatoms. The third kappa shape index (κ3) is 3.00. The van der Waals surface area contributed by atoms with E-state index in [4.69, 9.17) is 4.52 Å². The van der Waals surface area contributed by atoms with Crippen molar-refractivity contribution in [3.8, 4) is 17.1 Å². The van der Waals surface area contributed by atoms with E-state index in [9.17, 15) is 0 Å². The normalized spacial score (nSPS) is 12.5. The maximum absolute atomic E-state index is 5.35. The van der Waals surface area contributed by atoms with E-state index in [1.165, 1.54) is 0 Å². The molecule has 0 aliphatic carbocycles. The number of likely N-dealkylation sites (N-methyl/N-ethyl adjacent to an activating group) is 1. The molecule has 0 saturated carbocycles. The van der Waals surface area contributed by atoms with Crippen LogP contribution in [0.2, 0.25) is 0 Å². The third-order valence-electron chi connectivity index (χ3n) is 3.35. The fraction of sp³-hybridized carbons (Fsp3) is 0.267. The SMILES string of the molecule is CNC(C)Cc1noc(-c2cccc(-n3ccnc3)c2)n1. The summed E-state index contributed by atoms with van der Waals surface area (Å²) in [4.78, 5) is 8.50. The molecule has 3 aromatic rings. The van der Waals surface area contributed by atoms with E-state index < -0.39 is 0 Å². The molecule has 0 amide bonds. The van der Waals surface area contributed by atoms with Crippen LogP contribution in [0.1, 0.15) is 12.7 Å². The molecular formula is C15H17N5O. The summed E-state index contributed by atoms with van der Waals surface area (Å²) in [5.74, 6) is 1.25. The summed E-state index contributed by atoms with van der Waals surface area (Å²) in [7, 11) is 1.92. The Morgan fingerprint density at radius 2 is 2.29 bits per heavy atom. The lowest BCUT2D eigenvalue weighted by Gasteiger charge is -2.04. The van der Waals surface area contributed by atoms with E-state index >= 15 is 0 Å². The maximum atomic E-state index is 5.35. The molecule has 0 spiro atoms. The van der Waals surface area contributed by atoms with Gasteiger partial charge in [0.2, 0.25) is 0 Å². The molecule has 0 saturated heterocycles. The lowest BCUT2D eigenvalue weighted by atomic mass is 10.2. The minimum Gasteiger partial charge on any atom is -0.334 e.